The minimum absolute atomic E-state index is 0.00326. The third-order valence-electron chi connectivity index (χ3n) is 3.32. The van der Waals surface area contributed by atoms with Gasteiger partial charge in [-0.15, -0.1) is 0 Å². The van der Waals surface area contributed by atoms with Gasteiger partial charge in [-0.3, -0.25) is 4.79 Å². The molecule has 1 fully saturated rings. The van der Waals surface area contributed by atoms with Gasteiger partial charge in [0.1, 0.15) is 5.69 Å². The Hall–Kier alpha value is -1.36. The number of aromatic nitrogens is 2. The molecule has 106 valence electrons. The maximum Gasteiger partial charge on any atom is 0.274 e. The highest BCUT2D eigenvalue weighted by Crippen LogP contribution is 2.24. The SMILES string of the molecule is CC1COCCN(C(=O)c2nc[nH]c2C(C)(C)C)C1. The molecule has 0 aliphatic carbocycles. The van der Waals surface area contributed by atoms with Crippen molar-refractivity contribution in [3.63, 3.8) is 0 Å². The summed E-state index contributed by atoms with van der Waals surface area (Å²) in [5.74, 6) is 0.368. The molecule has 1 atom stereocenters. The maximum absolute atomic E-state index is 12.6. The maximum atomic E-state index is 12.6. The van der Waals surface area contributed by atoms with Crippen LogP contribution in [0, 0.1) is 5.92 Å². The van der Waals surface area contributed by atoms with E-state index >= 15 is 0 Å². The third-order valence-corrected chi connectivity index (χ3v) is 3.32. The van der Waals surface area contributed by atoms with Crippen LogP contribution in [-0.2, 0) is 10.2 Å². The molecule has 1 amide bonds. The first-order valence-corrected chi connectivity index (χ1v) is 6.80. The monoisotopic (exact) mass is 265 g/mol. The van der Waals surface area contributed by atoms with Crippen LogP contribution < -0.4 is 0 Å². The van der Waals surface area contributed by atoms with Crippen molar-refractivity contribution in [2.75, 3.05) is 26.3 Å². The lowest BCUT2D eigenvalue weighted by Crippen LogP contribution is -2.36. The fraction of sp³-hybridized carbons (Fsp3) is 0.714. The zero-order valence-electron chi connectivity index (χ0n) is 12.2. The Morgan fingerprint density at radius 3 is 2.95 bits per heavy atom. The van der Waals surface area contributed by atoms with E-state index in [9.17, 15) is 4.79 Å². The smallest absolute Gasteiger partial charge is 0.274 e. The van der Waals surface area contributed by atoms with Crippen LogP contribution in [0.25, 0.3) is 0 Å². The lowest BCUT2D eigenvalue weighted by atomic mass is 9.90. The largest absolute Gasteiger partial charge is 0.379 e. The molecule has 5 heteroatoms. The van der Waals surface area contributed by atoms with Crippen LogP contribution in [0.4, 0.5) is 0 Å². The summed E-state index contributed by atoms with van der Waals surface area (Å²) in [6.07, 6.45) is 1.60. The number of ether oxygens (including phenoxy) is 1. The van der Waals surface area contributed by atoms with E-state index in [-0.39, 0.29) is 11.3 Å². The quantitative estimate of drug-likeness (QED) is 0.842. The molecular formula is C14H23N3O2. The Morgan fingerprint density at radius 2 is 2.26 bits per heavy atom. The van der Waals surface area contributed by atoms with Crippen molar-refractivity contribution in [2.24, 2.45) is 5.92 Å². The van der Waals surface area contributed by atoms with Crippen LogP contribution in [0.2, 0.25) is 0 Å². The van der Waals surface area contributed by atoms with Crippen molar-refractivity contribution in [3.05, 3.63) is 17.7 Å². The zero-order valence-corrected chi connectivity index (χ0v) is 12.2. The summed E-state index contributed by atoms with van der Waals surface area (Å²) in [5, 5.41) is 0. The molecule has 1 saturated heterocycles. The van der Waals surface area contributed by atoms with Gasteiger partial charge in [0.15, 0.2) is 0 Å². The number of nitrogens with zero attached hydrogens (tertiary/aromatic N) is 2. The van der Waals surface area contributed by atoms with Crippen LogP contribution in [0.5, 0.6) is 0 Å². The standard InChI is InChI=1S/C14H23N3O2/c1-10-7-17(5-6-19-8-10)13(18)11-12(14(2,3)4)16-9-15-11/h9-10H,5-8H2,1-4H3,(H,15,16). The topological polar surface area (TPSA) is 58.2 Å². The number of imidazole rings is 1. The molecule has 0 aromatic carbocycles. The first-order chi connectivity index (χ1) is 8.89. The van der Waals surface area contributed by atoms with Crippen LogP contribution in [-0.4, -0.2) is 47.1 Å². The number of rotatable bonds is 1. The average molecular weight is 265 g/mol. The van der Waals surface area contributed by atoms with Crippen molar-refractivity contribution in [1.82, 2.24) is 14.9 Å². The molecule has 2 heterocycles. The summed E-state index contributed by atoms with van der Waals surface area (Å²) >= 11 is 0. The van der Waals surface area contributed by atoms with Gasteiger partial charge in [-0.1, -0.05) is 27.7 Å². The number of nitrogens with one attached hydrogen (secondary N) is 1. The second kappa shape index (κ2) is 5.33. The molecule has 1 aromatic rings. The highest BCUT2D eigenvalue weighted by Gasteiger charge is 2.29. The van der Waals surface area contributed by atoms with E-state index in [1.54, 1.807) is 6.33 Å². The number of amides is 1. The highest BCUT2D eigenvalue weighted by molar-refractivity contribution is 5.93. The van der Waals surface area contributed by atoms with E-state index in [0.717, 1.165) is 18.8 Å². The van der Waals surface area contributed by atoms with Gasteiger partial charge in [-0.2, -0.15) is 0 Å². The lowest BCUT2D eigenvalue weighted by molar-refractivity contribution is 0.0730. The van der Waals surface area contributed by atoms with Gasteiger partial charge in [0.25, 0.3) is 5.91 Å². The second-order valence-electron chi connectivity index (χ2n) is 6.31. The summed E-state index contributed by atoms with van der Waals surface area (Å²) in [4.78, 5) is 21.8. The first kappa shape index (κ1) is 14.1. The van der Waals surface area contributed by atoms with Crippen molar-refractivity contribution >= 4 is 5.91 Å². The van der Waals surface area contributed by atoms with Gasteiger partial charge >= 0.3 is 0 Å². The molecule has 1 aromatic heterocycles. The molecule has 0 radical (unpaired) electrons. The highest BCUT2D eigenvalue weighted by atomic mass is 16.5. The predicted octanol–water partition coefficient (Wildman–Crippen LogP) is 1.82. The van der Waals surface area contributed by atoms with E-state index in [1.165, 1.54) is 0 Å². The summed E-state index contributed by atoms with van der Waals surface area (Å²) in [7, 11) is 0. The molecule has 0 bridgehead atoms. The number of carbonyl (C=O) groups excluding carboxylic acids is 1. The molecule has 0 saturated carbocycles. The molecule has 1 N–H and O–H groups in total. The van der Waals surface area contributed by atoms with Gasteiger partial charge in [0.2, 0.25) is 0 Å². The third kappa shape index (κ3) is 3.15. The normalized spacial score (nSPS) is 21.3. The number of carbonyl (C=O) groups is 1. The number of hydrogen-bond donors (Lipinski definition) is 1. The van der Waals surface area contributed by atoms with Crippen molar-refractivity contribution in [1.29, 1.82) is 0 Å². The Kier molecular flexibility index (Phi) is 3.94. The molecule has 1 aliphatic rings. The molecule has 5 nitrogen and oxygen atoms in total. The number of hydrogen-bond acceptors (Lipinski definition) is 3. The van der Waals surface area contributed by atoms with Crippen molar-refractivity contribution in [2.45, 2.75) is 33.1 Å². The molecular weight excluding hydrogens is 242 g/mol. The van der Waals surface area contributed by atoms with E-state index in [4.69, 9.17) is 4.74 Å². The minimum atomic E-state index is -0.116. The van der Waals surface area contributed by atoms with Gasteiger partial charge in [0, 0.05) is 18.5 Å². The lowest BCUT2D eigenvalue weighted by Gasteiger charge is -2.24. The Bertz CT molecular complexity index is 448. The van der Waals surface area contributed by atoms with E-state index in [2.05, 4.69) is 37.7 Å². The summed E-state index contributed by atoms with van der Waals surface area (Å²) in [5.41, 5.74) is 1.33. The van der Waals surface area contributed by atoms with Gasteiger partial charge < -0.3 is 14.6 Å². The Labute approximate surface area is 114 Å². The van der Waals surface area contributed by atoms with Gasteiger partial charge in [0.05, 0.1) is 25.2 Å². The predicted molar refractivity (Wildman–Crippen MR) is 73.2 cm³/mol. The molecule has 2 rings (SSSR count). The summed E-state index contributed by atoms with van der Waals surface area (Å²) in [6.45, 7) is 11.0. The molecule has 1 aliphatic heterocycles. The fourth-order valence-corrected chi connectivity index (χ4v) is 2.34. The van der Waals surface area contributed by atoms with Crippen LogP contribution in [0.15, 0.2) is 6.33 Å². The first-order valence-electron chi connectivity index (χ1n) is 6.80. The number of H-pyrrole nitrogens is 1. The Morgan fingerprint density at radius 1 is 1.53 bits per heavy atom. The molecule has 0 spiro atoms. The molecule has 19 heavy (non-hydrogen) atoms. The summed E-state index contributed by atoms with van der Waals surface area (Å²) < 4.78 is 5.48. The average Bonchev–Trinajstić information content (AvgIpc) is 2.72. The minimum Gasteiger partial charge on any atom is -0.379 e. The van der Waals surface area contributed by atoms with Crippen LogP contribution in [0.1, 0.15) is 43.9 Å². The van der Waals surface area contributed by atoms with Crippen molar-refractivity contribution < 1.29 is 9.53 Å². The van der Waals surface area contributed by atoms with E-state index in [0.29, 0.717) is 24.8 Å². The Balaban J connectivity index is 2.22. The van der Waals surface area contributed by atoms with Crippen LogP contribution in [0.3, 0.4) is 0 Å². The molecule has 1 unspecified atom stereocenters. The summed E-state index contributed by atoms with van der Waals surface area (Å²) in [6, 6.07) is 0. The van der Waals surface area contributed by atoms with Gasteiger partial charge in [-0.25, -0.2) is 4.98 Å². The van der Waals surface area contributed by atoms with Gasteiger partial charge in [-0.05, 0) is 5.92 Å². The van der Waals surface area contributed by atoms with Crippen molar-refractivity contribution in [3.8, 4) is 0 Å². The zero-order chi connectivity index (χ0) is 14.0. The number of aromatic amines is 1. The second-order valence-corrected chi connectivity index (χ2v) is 6.31. The van der Waals surface area contributed by atoms with Crippen LogP contribution >= 0.6 is 0 Å². The van der Waals surface area contributed by atoms with E-state index < -0.39 is 0 Å². The fourth-order valence-electron chi connectivity index (χ4n) is 2.34. The van der Waals surface area contributed by atoms with E-state index in [1.807, 2.05) is 4.90 Å².